The molecule has 0 bridgehead atoms. The third kappa shape index (κ3) is 2.24. The minimum absolute atomic E-state index is 0.0261. The lowest BCUT2D eigenvalue weighted by molar-refractivity contribution is -0.385. The predicted octanol–water partition coefficient (Wildman–Crippen LogP) is 3.21. The molecule has 2 rings (SSSR count). The molecule has 0 amide bonds. The van der Waals surface area contributed by atoms with Crippen molar-refractivity contribution in [2.75, 3.05) is 0 Å². The molecule has 0 fully saturated rings. The Labute approximate surface area is 102 Å². The van der Waals surface area contributed by atoms with Crippen molar-refractivity contribution in [3.05, 3.63) is 64.0 Å². The summed E-state index contributed by atoms with van der Waals surface area (Å²) in [6.07, 6.45) is 0.418. The number of halogens is 1. The summed E-state index contributed by atoms with van der Waals surface area (Å²) in [5.74, 6) is -0.404. The van der Waals surface area contributed by atoms with Crippen molar-refractivity contribution in [3.63, 3.8) is 0 Å². The van der Waals surface area contributed by atoms with Gasteiger partial charge in [-0.2, -0.15) is 0 Å². The van der Waals surface area contributed by atoms with E-state index in [9.17, 15) is 19.3 Å². The third-order valence-corrected chi connectivity index (χ3v) is 2.51. The van der Waals surface area contributed by atoms with Gasteiger partial charge in [-0.05, 0) is 35.4 Å². The van der Waals surface area contributed by atoms with Crippen LogP contribution in [0.2, 0.25) is 0 Å². The van der Waals surface area contributed by atoms with Crippen LogP contribution in [0.1, 0.15) is 10.4 Å². The van der Waals surface area contributed by atoms with Crippen molar-refractivity contribution >= 4 is 12.0 Å². The second-order valence-electron chi connectivity index (χ2n) is 3.66. The van der Waals surface area contributed by atoms with Crippen LogP contribution in [-0.4, -0.2) is 11.2 Å². The van der Waals surface area contributed by atoms with Crippen LogP contribution in [0.25, 0.3) is 11.1 Å². The fraction of sp³-hybridized carbons (Fsp3) is 0. The maximum atomic E-state index is 13.1. The first kappa shape index (κ1) is 11.9. The molecule has 18 heavy (non-hydrogen) atoms. The van der Waals surface area contributed by atoms with Crippen molar-refractivity contribution < 1.29 is 14.1 Å². The fourth-order valence-corrected chi connectivity index (χ4v) is 1.66. The van der Waals surface area contributed by atoms with Crippen LogP contribution in [-0.2, 0) is 0 Å². The molecule has 0 unspecified atom stereocenters. The molecule has 0 N–H and O–H groups in total. The number of carbonyl (C=O) groups excluding carboxylic acids is 1. The molecule has 5 heteroatoms. The van der Waals surface area contributed by atoms with E-state index in [1.807, 2.05) is 0 Å². The van der Waals surface area contributed by atoms with Crippen LogP contribution in [0.3, 0.4) is 0 Å². The van der Waals surface area contributed by atoms with E-state index in [2.05, 4.69) is 0 Å². The Morgan fingerprint density at radius 3 is 2.44 bits per heavy atom. The molecule has 0 aromatic heterocycles. The molecule has 0 aliphatic carbocycles. The topological polar surface area (TPSA) is 60.2 Å². The van der Waals surface area contributed by atoms with Gasteiger partial charge in [0.05, 0.1) is 10.5 Å². The summed E-state index contributed by atoms with van der Waals surface area (Å²) in [6, 6.07) is 9.90. The standard InChI is InChI=1S/C13H8FNO3/c14-12-3-1-2-9(7-12)10-4-5-13(15(17)18)11(6-10)8-16/h1-8H. The quantitative estimate of drug-likeness (QED) is 0.474. The number of nitro groups is 1. The molecule has 0 radical (unpaired) electrons. The van der Waals surface area contributed by atoms with E-state index in [-0.39, 0.29) is 11.3 Å². The molecule has 0 saturated carbocycles. The van der Waals surface area contributed by atoms with Gasteiger partial charge in [0, 0.05) is 6.07 Å². The Balaban J connectivity index is 2.54. The monoisotopic (exact) mass is 245 g/mol. The largest absolute Gasteiger partial charge is 0.298 e. The lowest BCUT2D eigenvalue weighted by atomic mass is 10.0. The number of benzene rings is 2. The van der Waals surface area contributed by atoms with Crippen LogP contribution >= 0.6 is 0 Å². The van der Waals surface area contributed by atoms with Crippen LogP contribution in [0, 0.1) is 15.9 Å². The van der Waals surface area contributed by atoms with Crippen molar-refractivity contribution in [2.45, 2.75) is 0 Å². The van der Waals surface area contributed by atoms with Crippen LogP contribution in [0.4, 0.5) is 10.1 Å². The molecular formula is C13H8FNO3. The Bertz CT molecular complexity index is 625. The smallest absolute Gasteiger partial charge is 0.279 e. The molecule has 2 aromatic rings. The number of rotatable bonds is 3. The molecule has 90 valence electrons. The summed E-state index contributed by atoms with van der Waals surface area (Å²) in [5, 5.41) is 10.7. The SMILES string of the molecule is O=Cc1cc(-c2cccc(F)c2)ccc1[N+](=O)[O-]. The Morgan fingerprint density at radius 2 is 1.83 bits per heavy atom. The van der Waals surface area contributed by atoms with Crippen molar-refractivity contribution in [3.8, 4) is 11.1 Å². The number of aldehydes is 1. The van der Waals surface area contributed by atoms with Crippen LogP contribution in [0.15, 0.2) is 42.5 Å². The van der Waals surface area contributed by atoms with Gasteiger partial charge in [0.1, 0.15) is 5.82 Å². The first-order valence-corrected chi connectivity index (χ1v) is 5.11. The van der Waals surface area contributed by atoms with Crippen molar-refractivity contribution in [2.24, 2.45) is 0 Å². The maximum absolute atomic E-state index is 13.1. The number of nitro benzene ring substituents is 1. The molecule has 0 atom stereocenters. The van der Waals surface area contributed by atoms with Crippen molar-refractivity contribution in [1.29, 1.82) is 0 Å². The van der Waals surface area contributed by atoms with E-state index in [4.69, 9.17) is 0 Å². The summed E-state index contributed by atoms with van der Waals surface area (Å²) < 4.78 is 13.1. The Morgan fingerprint density at radius 1 is 1.11 bits per heavy atom. The molecule has 0 aliphatic heterocycles. The molecule has 0 spiro atoms. The van der Waals surface area contributed by atoms with Crippen LogP contribution in [0.5, 0.6) is 0 Å². The lowest BCUT2D eigenvalue weighted by Crippen LogP contribution is -1.94. The lowest BCUT2D eigenvalue weighted by Gasteiger charge is -2.03. The second kappa shape index (κ2) is 4.75. The zero-order valence-corrected chi connectivity index (χ0v) is 9.17. The van der Waals surface area contributed by atoms with Gasteiger partial charge < -0.3 is 0 Å². The Kier molecular flexibility index (Phi) is 3.14. The van der Waals surface area contributed by atoms with E-state index in [0.29, 0.717) is 17.4 Å². The maximum Gasteiger partial charge on any atom is 0.279 e. The van der Waals surface area contributed by atoms with E-state index in [1.54, 1.807) is 6.07 Å². The van der Waals surface area contributed by atoms with Gasteiger partial charge in [0.15, 0.2) is 6.29 Å². The van der Waals surface area contributed by atoms with Gasteiger partial charge in [0.2, 0.25) is 0 Å². The van der Waals surface area contributed by atoms with E-state index >= 15 is 0 Å². The second-order valence-corrected chi connectivity index (χ2v) is 3.66. The highest BCUT2D eigenvalue weighted by atomic mass is 19.1. The third-order valence-electron chi connectivity index (χ3n) is 2.51. The Hall–Kier alpha value is -2.56. The first-order chi connectivity index (χ1) is 8.61. The highest BCUT2D eigenvalue weighted by Gasteiger charge is 2.13. The van der Waals surface area contributed by atoms with E-state index in [1.165, 1.54) is 36.4 Å². The number of hydrogen-bond donors (Lipinski definition) is 0. The van der Waals surface area contributed by atoms with Gasteiger partial charge in [-0.1, -0.05) is 12.1 Å². The molecule has 0 saturated heterocycles. The fourth-order valence-electron chi connectivity index (χ4n) is 1.66. The van der Waals surface area contributed by atoms with Gasteiger partial charge in [-0.25, -0.2) is 4.39 Å². The minimum atomic E-state index is -0.626. The summed E-state index contributed by atoms with van der Waals surface area (Å²) >= 11 is 0. The first-order valence-electron chi connectivity index (χ1n) is 5.11. The summed E-state index contributed by atoms with van der Waals surface area (Å²) in [6.45, 7) is 0. The van der Waals surface area contributed by atoms with Gasteiger partial charge >= 0.3 is 0 Å². The normalized spacial score (nSPS) is 10.1. The van der Waals surface area contributed by atoms with E-state index in [0.717, 1.165) is 0 Å². The molecule has 2 aromatic carbocycles. The van der Waals surface area contributed by atoms with Crippen molar-refractivity contribution in [1.82, 2.24) is 0 Å². The zero-order chi connectivity index (χ0) is 13.1. The average Bonchev–Trinajstić information content (AvgIpc) is 2.37. The minimum Gasteiger partial charge on any atom is -0.298 e. The average molecular weight is 245 g/mol. The number of nitrogens with zero attached hydrogens (tertiary/aromatic N) is 1. The zero-order valence-electron chi connectivity index (χ0n) is 9.17. The summed E-state index contributed by atoms with van der Waals surface area (Å²) in [5.41, 5.74) is 0.835. The summed E-state index contributed by atoms with van der Waals surface area (Å²) in [7, 11) is 0. The molecule has 0 aliphatic rings. The predicted molar refractivity (Wildman–Crippen MR) is 63.9 cm³/mol. The highest BCUT2D eigenvalue weighted by Crippen LogP contribution is 2.25. The highest BCUT2D eigenvalue weighted by molar-refractivity contribution is 5.84. The number of carbonyl (C=O) groups is 1. The van der Waals surface area contributed by atoms with Gasteiger partial charge in [-0.15, -0.1) is 0 Å². The number of hydrogen-bond acceptors (Lipinski definition) is 3. The molecular weight excluding hydrogens is 237 g/mol. The van der Waals surface area contributed by atoms with Crippen LogP contribution < -0.4 is 0 Å². The van der Waals surface area contributed by atoms with Gasteiger partial charge in [-0.3, -0.25) is 14.9 Å². The summed E-state index contributed by atoms with van der Waals surface area (Å²) in [4.78, 5) is 20.8. The molecule has 4 nitrogen and oxygen atoms in total. The van der Waals surface area contributed by atoms with E-state index < -0.39 is 10.7 Å². The van der Waals surface area contributed by atoms with Gasteiger partial charge in [0.25, 0.3) is 5.69 Å². The molecule has 0 heterocycles.